The first-order valence-corrected chi connectivity index (χ1v) is 5.51. The Hall–Kier alpha value is -1.80. The fourth-order valence-corrected chi connectivity index (χ4v) is 2.13. The molecular formula is C14H14N2. The van der Waals surface area contributed by atoms with Gasteiger partial charge in [-0.15, -0.1) is 0 Å². The molecule has 3 rings (SSSR count). The molecule has 2 nitrogen and oxygen atoms in total. The van der Waals surface area contributed by atoms with Gasteiger partial charge in [0.05, 0.1) is 12.1 Å². The van der Waals surface area contributed by atoms with Gasteiger partial charge in [-0.25, -0.2) is 0 Å². The summed E-state index contributed by atoms with van der Waals surface area (Å²) < 4.78 is 0. The van der Waals surface area contributed by atoms with Crippen molar-refractivity contribution in [1.82, 2.24) is 5.32 Å². The highest BCUT2D eigenvalue weighted by molar-refractivity contribution is 5.44. The third-order valence-corrected chi connectivity index (χ3v) is 3.01. The number of anilines is 1. The van der Waals surface area contributed by atoms with Gasteiger partial charge in [-0.3, -0.25) is 5.32 Å². The van der Waals surface area contributed by atoms with E-state index in [9.17, 15) is 0 Å². The molecule has 1 aliphatic heterocycles. The average molecular weight is 210 g/mol. The highest BCUT2D eigenvalue weighted by atomic mass is 15.1. The average Bonchev–Trinajstić information content (AvgIpc) is 3.10. The van der Waals surface area contributed by atoms with Gasteiger partial charge in [0, 0.05) is 5.69 Å². The van der Waals surface area contributed by atoms with Crippen LogP contribution in [0.5, 0.6) is 0 Å². The van der Waals surface area contributed by atoms with Crippen LogP contribution in [0.2, 0.25) is 0 Å². The van der Waals surface area contributed by atoms with Crippen LogP contribution in [-0.2, 0) is 0 Å². The summed E-state index contributed by atoms with van der Waals surface area (Å²) >= 11 is 0. The highest BCUT2D eigenvalue weighted by Crippen LogP contribution is 2.42. The topological polar surface area (TPSA) is 48.0 Å². The molecule has 80 valence electrons. The van der Waals surface area contributed by atoms with Gasteiger partial charge < -0.3 is 5.73 Å². The molecule has 0 bridgehead atoms. The summed E-state index contributed by atoms with van der Waals surface area (Å²) in [5.41, 5.74) is 9.23. The molecule has 1 saturated heterocycles. The Balaban J connectivity index is 1.82. The molecule has 2 atom stereocenters. The van der Waals surface area contributed by atoms with Crippen molar-refractivity contribution in [1.29, 1.82) is 0 Å². The summed E-state index contributed by atoms with van der Waals surface area (Å²) in [6, 6.07) is 19.5. The Bertz CT molecular complexity index is 493. The van der Waals surface area contributed by atoms with Crippen LogP contribution in [0.1, 0.15) is 23.2 Å². The van der Waals surface area contributed by atoms with Gasteiger partial charge in [0.15, 0.2) is 0 Å². The zero-order chi connectivity index (χ0) is 11.0. The van der Waals surface area contributed by atoms with Crippen LogP contribution in [0.4, 0.5) is 5.69 Å². The molecule has 1 unspecified atom stereocenters. The lowest BCUT2D eigenvalue weighted by atomic mass is 10.0. The minimum absolute atomic E-state index is 0.422. The molecule has 0 spiro atoms. The lowest BCUT2D eigenvalue weighted by Gasteiger charge is -2.00. The molecular weight excluding hydrogens is 196 g/mol. The van der Waals surface area contributed by atoms with Crippen molar-refractivity contribution in [3.63, 3.8) is 0 Å². The van der Waals surface area contributed by atoms with Crippen molar-refractivity contribution in [3.05, 3.63) is 65.7 Å². The van der Waals surface area contributed by atoms with Crippen LogP contribution in [0.3, 0.4) is 0 Å². The first-order chi connectivity index (χ1) is 7.84. The Morgan fingerprint density at radius 3 is 2.25 bits per heavy atom. The van der Waals surface area contributed by atoms with Crippen molar-refractivity contribution < 1.29 is 0 Å². The fourth-order valence-electron chi connectivity index (χ4n) is 2.13. The predicted octanol–water partition coefficient (Wildman–Crippen LogP) is 2.65. The van der Waals surface area contributed by atoms with E-state index in [0.29, 0.717) is 12.1 Å². The molecule has 1 heterocycles. The summed E-state index contributed by atoms with van der Waals surface area (Å²) in [5, 5.41) is 3.47. The van der Waals surface area contributed by atoms with Crippen molar-refractivity contribution in [2.24, 2.45) is 0 Å². The Kier molecular flexibility index (Phi) is 2.15. The molecule has 2 aromatic rings. The van der Waals surface area contributed by atoms with Crippen molar-refractivity contribution in [2.75, 3.05) is 5.73 Å². The molecule has 1 fully saturated rings. The molecule has 0 radical (unpaired) electrons. The van der Waals surface area contributed by atoms with Gasteiger partial charge in [0.2, 0.25) is 0 Å². The van der Waals surface area contributed by atoms with Crippen LogP contribution >= 0.6 is 0 Å². The van der Waals surface area contributed by atoms with E-state index in [4.69, 9.17) is 5.73 Å². The third kappa shape index (κ3) is 1.68. The Labute approximate surface area is 95.1 Å². The number of benzene rings is 2. The van der Waals surface area contributed by atoms with E-state index in [2.05, 4.69) is 35.6 Å². The Morgan fingerprint density at radius 2 is 1.50 bits per heavy atom. The summed E-state index contributed by atoms with van der Waals surface area (Å²) in [6.45, 7) is 0. The van der Waals surface area contributed by atoms with E-state index in [-0.39, 0.29) is 0 Å². The number of hydrogen-bond acceptors (Lipinski definition) is 2. The fraction of sp³-hybridized carbons (Fsp3) is 0.143. The maximum absolute atomic E-state index is 5.78. The van der Waals surface area contributed by atoms with Crippen LogP contribution in [-0.4, -0.2) is 0 Å². The standard InChI is InChI=1S/C14H14N2/c15-12-8-4-7-11(9-12)14-13(16-14)10-5-2-1-3-6-10/h1-9,13-14,16H,15H2/t13?,14-/m1/s1. The maximum atomic E-state index is 5.78. The van der Waals surface area contributed by atoms with Gasteiger partial charge >= 0.3 is 0 Å². The van der Waals surface area contributed by atoms with E-state index in [0.717, 1.165) is 5.69 Å². The van der Waals surface area contributed by atoms with Crippen molar-refractivity contribution in [2.45, 2.75) is 12.1 Å². The summed E-state index contributed by atoms with van der Waals surface area (Å²) in [5.74, 6) is 0. The summed E-state index contributed by atoms with van der Waals surface area (Å²) in [7, 11) is 0. The van der Waals surface area contributed by atoms with Crippen LogP contribution in [0.15, 0.2) is 54.6 Å². The SMILES string of the molecule is Nc1cccc([C@H]2NC2c2ccccc2)c1. The van der Waals surface area contributed by atoms with Gasteiger partial charge in [-0.2, -0.15) is 0 Å². The quantitative estimate of drug-likeness (QED) is 0.591. The first kappa shape index (κ1) is 9.43. The number of nitrogens with one attached hydrogen (secondary N) is 1. The summed E-state index contributed by atoms with van der Waals surface area (Å²) in [6.07, 6.45) is 0. The second-order valence-corrected chi connectivity index (χ2v) is 4.20. The van der Waals surface area contributed by atoms with E-state index < -0.39 is 0 Å². The second-order valence-electron chi connectivity index (χ2n) is 4.20. The van der Waals surface area contributed by atoms with Crippen LogP contribution < -0.4 is 11.1 Å². The maximum Gasteiger partial charge on any atom is 0.0524 e. The lowest BCUT2D eigenvalue weighted by molar-refractivity contribution is 1.03. The highest BCUT2D eigenvalue weighted by Gasteiger charge is 2.38. The van der Waals surface area contributed by atoms with E-state index in [1.165, 1.54) is 11.1 Å². The van der Waals surface area contributed by atoms with Crippen molar-refractivity contribution >= 4 is 5.69 Å². The molecule has 3 N–H and O–H groups in total. The summed E-state index contributed by atoms with van der Waals surface area (Å²) in [4.78, 5) is 0. The molecule has 2 aromatic carbocycles. The molecule has 0 aromatic heterocycles. The van der Waals surface area contributed by atoms with Gasteiger partial charge in [-0.05, 0) is 23.3 Å². The van der Waals surface area contributed by atoms with Crippen LogP contribution in [0, 0.1) is 0 Å². The third-order valence-electron chi connectivity index (χ3n) is 3.01. The lowest BCUT2D eigenvalue weighted by Crippen LogP contribution is -1.88. The second kappa shape index (κ2) is 3.65. The van der Waals surface area contributed by atoms with Crippen molar-refractivity contribution in [3.8, 4) is 0 Å². The van der Waals surface area contributed by atoms with Crippen LogP contribution in [0.25, 0.3) is 0 Å². The molecule has 0 amide bonds. The van der Waals surface area contributed by atoms with E-state index in [1.54, 1.807) is 0 Å². The molecule has 0 saturated carbocycles. The monoisotopic (exact) mass is 210 g/mol. The van der Waals surface area contributed by atoms with Gasteiger partial charge in [-0.1, -0.05) is 42.5 Å². The predicted molar refractivity (Wildman–Crippen MR) is 65.9 cm³/mol. The van der Waals surface area contributed by atoms with E-state index >= 15 is 0 Å². The minimum atomic E-state index is 0.422. The number of hydrogen-bond donors (Lipinski definition) is 2. The Morgan fingerprint density at radius 1 is 0.812 bits per heavy atom. The molecule has 1 aliphatic rings. The zero-order valence-electron chi connectivity index (χ0n) is 8.93. The minimum Gasteiger partial charge on any atom is -0.399 e. The zero-order valence-corrected chi connectivity index (χ0v) is 8.93. The molecule has 2 heteroatoms. The number of rotatable bonds is 2. The van der Waals surface area contributed by atoms with Gasteiger partial charge in [0.1, 0.15) is 0 Å². The molecule has 16 heavy (non-hydrogen) atoms. The van der Waals surface area contributed by atoms with Gasteiger partial charge in [0.25, 0.3) is 0 Å². The number of nitrogen functional groups attached to an aromatic ring is 1. The number of nitrogens with two attached hydrogens (primary N) is 1. The normalized spacial score (nSPS) is 23.0. The van der Waals surface area contributed by atoms with E-state index in [1.807, 2.05) is 24.3 Å². The smallest absolute Gasteiger partial charge is 0.0524 e. The molecule has 0 aliphatic carbocycles. The first-order valence-electron chi connectivity index (χ1n) is 5.51. The largest absolute Gasteiger partial charge is 0.399 e.